The first-order valence-corrected chi connectivity index (χ1v) is 11.4. The van der Waals surface area contributed by atoms with Crippen LogP contribution in [0.5, 0.6) is 5.75 Å². The first-order valence-electron chi connectivity index (χ1n) is 10.5. The second-order valence-electron chi connectivity index (χ2n) is 8.82. The summed E-state index contributed by atoms with van der Waals surface area (Å²) in [5, 5.41) is 3.42. The summed E-state index contributed by atoms with van der Waals surface area (Å²) in [5.41, 5.74) is 12.0. The van der Waals surface area contributed by atoms with Gasteiger partial charge in [-0.1, -0.05) is 12.1 Å². The maximum atomic E-state index is 12.8. The molecule has 30 heavy (non-hydrogen) atoms. The van der Waals surface area contributed by atoms with Gasteiger partial charge in [-0.05, 0) is 85.9 Å². The number of carbonyl (C=O) groups is 1. The van der Waals surface area contributed by atoms with E-state index in [0.29, 0.717) is 13.1 Å². The second kappa shape index (κ2) is 8.05. The molecule has 1 amide bonds. The number of nitrogens with zero attached hydrogens (tertiary/aromatic N) is 1. The molecule has 2 N–H and O–H groups in total. The molecule has 2 heterocycles. The topological polar surface area (TPSA) is 55.6 Å². The van der Waals surface area contributed by atoms with Crippen molar-refractivity contribution in [1.82, 2.24) is 4.90 Å². The van der Waals surface area contributed by atoms with Crippen LogP contribution in [-0.2, 0) is 13.0 Å². The van der Waals surface area contributed by atoms with Crippen molar-refractivity contribution in [3.05, 3.63) is 63.5 Å². The van der Waals surface area contributed by atoms with Crippen molar-refractivity contribution in [3.63, 3.8) is 0 Å². The predicted molar refractivity (Wildman–Crippen MR) is 125 cm³/mol. The molecule has 0 radical (unpaired) electrons. The summed E-state index contributed by atoms with van der Waals surface area (Å²) in [6.45, 7) is 7.64. The van der Waals surface area contributed by atoms with E-state index in [1.54, 1.807) is 18.4 Å². The lowest BCUT2D eigenvalue weighted by Crippen LogP contribution is -2.40. The van der Waals surface area contributed by atoms with Gasteiger partial charge >= 0.3 is 0 Å². The zero-order valence-corrected chi connectivity index (χ0v) is 19.1. The van der Waals surface area contributed by atoms with Crippen LogP contribution in [-0.4, -0.2) is 30.0 Å². The van der Waals surface area contributed by atoms with Gasteiger partial charge in [-0.15, -0.1) is 11.3 Å². The molecule has 0 aliphatic carbocycles. The van der Waals surface area contributed by atoms with Gasteiger partial charge in [0, 0.05) is 34.3 Å². The lowest BCUT2D eigenvalue weighted by Gasteiger charge is -2.27. The fourth-order valence-electron chi connectivity index (χ4n) is 4.24. The molecule has 1 aromatic heterocycles. The highest BCUT2D eigenvalue weighted by atomic mass is 32.1. The molecule has 158 valence electrons. The minimum absolute atomic E-state index is 0.137. The highest BCUT2D eigenvalue weighted by Crippen LogP contribution is 2.35. The Hall–Kier alpha value is -2.37. The molecular weight excluding hydrogens is 392 g/mol. The van der Waals surface area contributed by atoms with E-state index < -0.39 is 0 Å². The molecule has 0 spiro atoms. The number of thiophene rings is 1. The van der Waals surface area contributed by atoms with E-state index in [4.69, 9.17) is 10.5 Å². The van der Waals surface area contributed by atoms with E-state index in [-0.39, 0.29) is 11.4 Å². The van der Waals surface area contributed by atoms with Crippen molar-refractivity contribution in [2.45, 2.75) is 52.1 Å². The van der Waals surface area contributed by atoms with Crippen molar-refractivity contribution >= 4 is 27.3 Å². The van der Waals surface area contributed by atoms with Crippen LogP contribution in [0.3, 0.4) is 0 Å². The summed E-state index contributed by atoms with van der Waals surface area (Å²) in [7, 11) is 1.72. The van der Waals surface area contributed by atoms with Gasteiger partial charge in [-0.25, -0.2) is 0 Å². The van der Waals surface area contributed by atoms with Crippen LogP contribution >= 0.6 is 11.3 Å². The van der Waals surface area contributed by atoms with Gasteiger partial charge in [-0.2, -0.15) is 0 Å². The Morgan fingerprint density at radius 2 is 1.97 bits per heavy atom. The highest BCUT2D eigenvalue weighted by Gasteiger charge is 2.29. The number of hydrogen-bond acceptors (Lipinski definition) is 4. The Bertz CT molecular complexity index is 1100. The fraction of sp³-hybridized carbons (Fsp3) is 0.400. The van der Waals surface area contributed by atoms with Gasteiger partial charge in [0.05, 0.1) is 7.11 Å². The molecule has 3 aromatic rings. The zero-order chi connectivity index (χ0) is 21.5. The standard InChI is InChI=1S/C25H30N2O2S/c1-16-12-19-14-27(24(28)20(19)13-17(16)2)11-10-25(3,26)9-8-18-15-30-22-7-5-6-21(29-4)23(18)22/h5-7,12-13,15H,8-11,14,26H2,1-4H3. The molecule has 4 rings (SSSR count). The zero-order valence-electron chi connectivity index (χ0n) is 18.2. The number of amides is 1. The van der Waals surface area contributed by atoms with E-state index in [1.165, 1.54) is 26.8 Å². The maximum Gasteiger partial charge on any atom is 0.254 e. The number of aryl methyl sites for hydroxylation is 3. The van der Waals surface area contributed by atoms with Crippen LogP contribution in [0.1, 0.15) is 52.4 Å². The summed E-state index contributed by atoms with van der Waals surface area (Å²) in [5.74, 6) is 1.06. The third kappa shape index (κ3) is 3.96. The Kier molecular flexibility index (Phi) is 5.60. The van der Waals surface area contributed by atoms with E-state index in [0.717, 1.165) is 36.1 Å². The number of rotatable bonds is 7. The van der Waals surface area contributed by atoms with Gasteiger partial charge in [-0.3, -0.25) is 4.79 Å². The summed E-state index contributed by atoms with van der Waals surface area (Å²) < 4.78 is 6.81. The summed E-state index contributed by atoms with van der Waals surface area (Å²) >= 11 is 1.75. The second-order valence-corrected chi connectivity index (χ2v) is 9.73. The molecule has 0 saturated carbocycles. The minimum atomic E-state index is -0.336. The average molecular weight is 423 g/mol. The molecule has 0 fully saturated rings. The Morgan fingerprint density at radius 3 is 2.73 bits per heavy atom. The quantitative estimate of drug-likeness (QED) is 0.568. The van der Waals surface area contributed by atoms with Crippen molar-refractivity contribution in [3.8, 4) is 5.75 Å². The number of fused-ring (bicyclic) bond motifs is 2. The van der Waals surface area contributed by atoms with Gasteiger partial charge < -0.3 is 15.4 Å². The minimum Gasteiger partial charge on any atom is -0.496 e. The lowest BCUT2D eigenvalue weighted by atomic mass is 9.90. The van der Waals surface area contributed by atoms with Crippen molar-refractivity contribution in [1.29, 1.82) is 0 Å². The first kappa shape index (κ1) is 20.9. The third-order valence-electron chi connectivity index (χ3n) is 6.37. The molecule has 1 aliphatic rings. The average Bonchev–Trinajstić information content (AvgIpc) is 3.27. The molecule has 0 bridgehead atoms. The number of hydrogen-bond donors (Lipinski definition) is 1. The van der Waals surface area contributed by atoms with Crippen LogP contribution < -0.4 is 10.5 Å². The van der Waals surface area contributed by atoms with E-state index in [1.807, 2.05) is 23.1 Å². The Labute approximate surface area is 182 Å². The number of ether oxygens (including phenoxy) is 1. The summed E-state index contributed by atoms with van der Waals surface area (Å²) in [6.07, 6.45) is 2.55. The molecule has 2 aromatic carbocycles. The van der Waals surface area contributed by atoms with Gasteiger partial charge in [0.1, 0.15) is 5.75 Å². The first-order chi connectivity index (χ1) is 14.3. The fourth-order valence-corrected chi connectivity index (χ4v) is 5.25. The number of nitrogens with two attached hydrogens (primary N) is 1. The Balaban J connectivity index is 1.39. The van der Waals surface area contributed by atoms with Crippen LogP contribution in [0.15, 0.2) is 35.7 Å². The number of benzene rings is 2. The molecule has 1 unspecified atom stereocenters. The van der Waals surface area contributed by atoms with E-state index >= 15 is 0 Å². The van der Waals surface area contributed by atoms with Crippen molar-refractivity contribution in [2.75, 3.05) is 13.7 Å². The SMILES string of the molecule is COc1cccc2scc(CCC(C)(N)CCN3Cc4cc(C)c(C)cc4C3=O)c12. The molecule has 4 nitrogen and oxygen atoms in total. The van der Waals surface area contributed by atoms with Crippen LogP contribution in [0.2, 0.25) is 0 Å². The molecule has 1 aliphatic heterocycles. The molecule has 5 heteroatoms. The molecular formula is C25H30N2O2S. The monoisotopic (exact) mass is 422 g/mol. The van der Waals surface area contributed by atoms with Gasteiger partial charge in [0.15, 0.2) is 0 Å². The van der Waals surface area contributed by atoms with Gasteiger partial charge in [0.25, 0.3) is 5.91 Å². The highest BCUT2D eigenvalue weighted by molar-refractivity contribution is 7.17. The largest absolute Gasteiger partial charge is 0.496 e. The van der Waals surface area contributed by atoms with Crippen molar-refractivity contribution in [2.24, 2.45) is 5.73 Å². The number of methoxy groups -OCH3 is 1. The normalized spacial score (nSPS) is 15.5. The Morgan fingerprint density at radius 1 is 1.20 bits per heavy atom. The third-order valence-corrected chi connectivity index (χ3v) is 7.37. The van der Waals surface area contributed by atoms with Crippen LogP contribution in [0.25, 0.3) is 10.1 Å². The molecule has 1 atom stereocenters. The van der Waals surface area contributed by atoms with Crippen molar-refractivity contribution < 1.29 is 9.53 Å². The summed E-state index contributed by atoms with van der Waals surface area (Å²) in [4.78, 5) is 14.8. The maximum absolute atomic E-state index is 12.8. The predicted octanol–water partition coefficient (Wildman–Crippen LogP) is 5.22. The van der Waals surface area contributed by atoms with Gasteiger partial charge in [0.2, 0.25) is 0 Å². The molecule has 0 saturated heterocycles. The number of carbonyl (C=O) groups excluding carboxylic acids is 1. The smallest absolute Gasteiger partial charge is 0.254 e. The van der Waals surface area contributed by atoms with Crippen LogP contribution in [0, 0.1) is 13.8 Å². The summed E-state index contributed by atoms with van der Waals surface area (Å²) in [6, 6.07) is 10.4. The van der Waals surface area contributed by atoms with Crippen LogP contribution in [0.4, 0.5) is 0 Å². The lowest BCUT2D eigenvalue weighted by molar-refractivity contribution is 0.0766. The van der Waals surface area contributed by atoms with E-state index in [2.05, 4.69) is 38.3 Å². The van der Waals surface area contributed by atoms with E-state index in [9.17, 15) is 4.79 Å².